The molecule has 0 spiro atoms. The van der Waals surface area contributed by atoms with E-state index in [1.165, 1.54) is 30.5 Å². The summed E-state index contributed by atoms with van der Waals surface area (Å²) in [6.07, 6.45) is 1.37. The van der Waals surface area contributed by atoms with Gasteiger partial charge in [0.1, 0.15) is 24.0 Å². The van der Waals surface area contributed by atoms with Gasteiger partial charge in [0, 0.05) is 5.56 Å². The summed E-state index contributed by atoms with van der Waals surface area (Å²) in [7, 11) is 0. The molecular weight excluding hydrogens is 376 g/mol. The smallest absolute Gasteiger partial charge is 0.274 e. The Morgan fingerprint density at radius 1 is 1.10 bits per heavy atom. The molecule has 0 atom stereocenters. The number of amides is 1. The Balaban J connectivity index is 1.65. The first-order valence-electron chi connectivity index (χ1n) is 8.56. The summed E-state index contributed by atoms with van der Waals surface area (Å²) < 4.78 is 32.6. The number of nitrogens with one attached hydrogen (secondary N) is 1. The number of halogens is 2. The summed E-state index contributed by atoms with van der Waals surface area (Å²) in [6, 6.07) is 18.3. The molecule has 0 saturated carbocycles. The van der Waals surface area contributed by atoms with Gasteiger partial charge < -0.3 is 4.74 Å². The van der Waals surface area contributed by atoms with Crippen LogP contribution in [-0.4, -0.2) is 12.1 Å². The predicted octanol–water partition coefficient (Wildman–Crippen LogP) is 4.18. The highest BCUT2D eigenvalue weighted by Gasteiger charge is 2.11. The molecule has 3 aromatic carbocycles. The van der Waals surface area contributed by atoms with Gasteiger partial charge in [0.2, 0.25) is 0 Å². The van der Waals surface area contributed by atoms with Gasteiger partial charge in [-0.3, -0.25) is 4.79 Å². The van der Waals surface area contributed by atoms with Crippen LogP contribution in [0.15, 0.2) is 71.8 Å². The van der Waals surface area contributed by atoms with E-state index in [2.05, 4.69) is 10.5 Å². The molecule has 3 aromatic rings. The molecule has 0 aliphatic heterocycles. The molecule has 1 N–H and O–H groups in total. The highest BCUT2D eigenvalue weighted by molar-refractivity contribution is 5.95. The Labute approximate surface area is 165 Å². The second-order valence-corrected chi connectivity index (χ2v) is 5.96. The van der Waals surface area contributed by atoms with Crippen LogP contribution in [0.4, 0.5) is 8.78 Å². The quantitative estimate of drug-likeness (QED) is 0.506. The van der Waals surface area contributed by atoms with E-state index in [9.17, 15) is 13.6 Å². The minimum atomic E-state index is -0.806. The highest BCUT2D eigenvalue weighted by atomic mass is 19.1. The molecule has 0 aromatic heterocycles. The first-order valence-corrected chi connectivity index (χ1v) is 8.56. The summed E-state index contributed by atoms with van der Waals surface area (Å²) in [6.45, 7) is 0.230. The Bertz CT molecular complexity index is 1090. The topological polar surface area (TPSA) is 74.5 Å². The third-order valence-corrected chi connectivity index (χ3v) is 3.94. The minimum Gasteiger partial charge on any atom is -0.488 e. The zero-order valence-electron chi connectivity index (χ0n) is 15.1. The lowest BCUT2D eigenvalue weighted by Crippen LogP contribution is -2.19. The summed E-state index contributed by atoms with van der Waals surface area (Å²) in [5.41, 5.74) is 3.53. The number of hydrogen-bond acceptors (Lipinski definition) is 4. The van der Waals surface area contributed by atoms with Crippen molar-refractivity contribution in [3.63, 3.8) is 0 Å². The van der Waals surface area contributed by atoms with Gasteiger partial charge in [0.15, 0.2) is 0 Å². The lowest BCUT2D eigenvalue weighted by atomic mass is 10.1. The molecule has 0 aliphatic rings. The number of hydrazone groups is 1. The summed E-state index contributed by atoms with van der Waals surface area (Å²) in [4.78, 5) is 12.1. The fourth-order valence-electron chi connectivity index (χ4n) is 2.45. The van der Waals surface area contributed by atoms with Gasteiger partial charge in [-0.15, -0.1) is 0 Å². The zero-order chi connectivity index (χ0) is 20.6. The van der Waals surface area contributed by atoms with Gasteiger partial charge in [0.05, 0.1) is 23.4 Å². The highest BCUT2D eigenvalue weighted by Crippen LogP contribution is 2.18. The first-order chi connectivity index (χ1) is 14.1. The molecule has 0 heterocycles. The predicted molar refractivity (Wildman–Crippen MR) is 103 cm³/mol. The maximum absolute atomic E-state index is 13.9. The van der Waals surface area contributed by atoms with E-state index < -0.39 is 11.7 Å². The Morgan fingerprint density at radius 2 is 1.86 bits per heavy atom. The first kappa shape index (κ1) is 19.7. The average molecular weight is 391 g/mol. The number of nitrogens with zero attached hydrogens (tertiary/aromatic N) is 2. The van der Waals surface area contributed by atoms with Crippen molar-refractivity contribution in [3.8, 4) is 11.8 Å². The number of para-hydroxylation sites is 1. The molecule has 144 valence electrons. The molecule has 5 nitrogen and oxygen atoms in total. The monoisotopic (exact) mass is 391 g/mol. The fourth-order valence-corrected chi connectivity index (χ4v) is 2.45. The van der Waals surface area contributed by atoms with Crippen LogP contribution < -0.4 is 10.2 Å². The molecule has 7 heteroatoms. The number of carbonyl (C=O) groups excluding carboxylic acids is 1. The lowest BCUT2D eigenvalue weighted by molar-refractivity contribution is 0.0951. The molecule has 0 unspecified atom stereocenters. The molecule has 0 saturated heterocycles. The van der Waals surface area contributed by atoms with Crippen molar-refractivity contribution in [3.05, 3.63) is 101 Å². The van der Waals surface area contributed by atoms with Gasteiger partial charge >= 0.3 is 0 Å². The van der Waals surface area contributed by atoms with Gasteiger partial charge in [-0.25, -0.2) is 14.2 Å². The van der Waals surface area contributed by atoms with Gasteiger partial charge in [0.25, 0.3) is 5.91 Å². The van der Waals surface area contributed by atoms with Crippen LogP contribution in [0.2, 0.25) is 0 Å². The standard InChI is InChI=1S/C22H15F2N3O2/c23-18-8-5-15(6-9-18)14-29-21-4-2-1-3-17(21)13-26-27-22(28)19-10-7-16(12-25)11-20(19)24/h1-11,13H,14H2,(H,27,28). The Hall–Kier alpha value is -4.05. The van der Waals surface area contributed by atoms with Gasteiger partial charge in [-0.2, -0.15) is 10.4 Å². The number of ether oxygens (including phenoxy) is 1. The number of carbonyl (C=O) groups is 1. The van der Waals surface area contributed by atoms with Crippen LogP contribution in [0.5, 0.6) is 5.75 Å². The largest absolute Gasteiger partial charge is 0.488 e. The maximum Gasteiger partial charge on any atom is 0.274 e. The SMILES string of the molecule is N#Cc1ccc(C(=O)NN=Cc2ccccc2OCc2ccc(F)cc2)c(F)c1. The lowest BCUT2D eigenvalue weighted by Gasteiger charge is -2.09. The van der Waals surface area contributed by atoms with Crippen molar-refractivity contribution in [1.29, 1.82) is 5.26 Å². The van der Waals surface area contributed by atoms with Crippen LogP contribution in [0, 0.1) is 23.0 Å². The summed E-state index contributed by atoms with van der Waals surface area (Å²) in [5, 5.41) is 12.6. The van der Waals surface area contributed by atoms with Crippen LogP contribution in [0.1, 0.15) is 27.0 Å². The van der Waals surface area contributed by atoms with Gasteiger partial charge in [-0.05, 0) is 48.0 Å². The number of benzene rings is 3. The van der Waals surface area contributed by atoms with Crippen LogP contribution in [0.3, 0.4) is 0 Å². The van der Waals surface area contributed by atoms with Crippen molar-refractivity contribution in [2.24, 2.45) is 5.10 Å². The van der Waals surface area contributed by atoms with Crippen molar-refractivity contribution < 1.29 is 18.3 Å². The van der Waals surface area contributed by atoms with E-state index in [4.69, 9.17) is 10.00 Å². The third kappa shape index (κ3) is 5.23. The summed E-state index contributed by atoms with van der Waals surface area (Å²) in [5.74, 6) is -1.36. The van der Waals surface area contributed by atoms with E-state index in [-0.39, 0.29) is 23.6 Å². The number of nitriles is 1. The molecule has 0 radical (unpaired) electrons. The van der Waals surface area contributed by atoms with E-state index in [0.717, 1.165) is 11.6 Å². The van der Waals surface area contributed by atoms with Crippen molar-refractivity contribution in [2.75, 3.05) is 0 Å². The van der Waals surface area contributed by atoms with Crippen LogP contribution in [-0.2, 0) is 6.61 Å². The van der Waals surface area contributed by atoms with E-state index in [1.807, 2.05) is 0 Å². The van der Waals surface area contributed by atoms with Gasteiger partial charge in [-0.1, -0.05) is 24.3 Å². The molecule has 0 aliphatic carbocycles. The molecule has 3 rings (SSSR count). The van der Waals surface area contributed by atoms with Crippen molar-refractivity contribution in [2.45, 2.75) is 6.61 Å². The molecule has 0 bridgehead atoms. The average Bonchev–Trinajstić information content (AvgIpc) is 2.74. The Kier molecular flexibility index (Phi) is 6.28. The number of rotatable bonds is 6. The van der Waals surface area contributed by atoms with E-state index in [1.54, 1.807) is 42.5 Å². The van der Waals surface area contributed by atoms with Crippen LogP contribution >= 0.6 is 0 Å². The fraction of sp³-hybridized carbons (Fsp3) is 0.0455. The molecule has 1 amide bonds. The van der Waals surface area contributed by atoms with E-state index >= 15 is 0 Å². The number of hydrogen-bond donors (Lipinski definition) is 1. The second kappa shape index (κ2) is 9.24. The van der Waals surface area contributed by atoms with E-state index in [0.29, 0.717) is 11.3 Å². The molecule has 0 fully saturated rings. The molecule has 29 heavy (non-hydrogen) atoms. The minimum absolute atomic E-state index is 0.120. The van der Waals surface area contributed by atoms with Crippen molar-refractivity contribution >= 4 is 12.1 Å². The zero-order valence-corrected chi connectivity index (χ0v) is 15.1. The van der Waals surface area contributed by atoms with Crippen LogP contribution in [0.25, 0.3) is 0 Å². The maximum atomic E-state index is 13.9. The normalized spacial score (nSPS) is 10.5. The second-order valence-electron chi connectivity index (χ2n) is 5.96. The molecular formula is C22H15F2N3O2. The summed E-state index contributed by atoms with van der Waals surface area (Å²) >= 11 is 0. The third-order valence-electron chi connectivity index (χ3n) is 3.94. The van der Waals surface area contributed by atoms with Crippen molar-refractivity contribution in [1.82, 2.24) is 5.43 Å². The Morgan fingerprint density at radius 3 is 2.59 bits per heavy atom.